The zero-order chi connectivity index (χ0) is 35.3. The number of benzene rings is 2. The number of urea groups is 1. The molecule has 0 spiro atoms. The van der Waals surface area contributed by atoms with Gasteiger partial charge >= 0.3 is 24.1 Å². The minimum Gasteiger partial charge on any atom is -0.466 e. The Labute approximate surface area is 280 Å². The van der Waals surface area contributed by atoms with E-state index in [4.69, 9.17) is 14.2 Å². The lowest BCUT2D eigenvalue weighted by atomic mass is 9.89. The first-order valence-corrected chi connectivity index (χ1v) is 16.3. The second-order valence-corrected chi connectivity index (χ2v) is 13.5. The van der Waals surface area contributed by atoms with Crippen LogP contribution in [0.1, 0.15) is 85.3 Å². The van der Waals surface area contributed by atoms with Crippen molar-refractivity contribution in [2.24, 2.45) is 11.8 Å². The van der Waals surface area contributed by atoms with E-state index < -0.39 is 41.7 Å². The lowest BCUT2D eigenvalue weighted by molar-refractivity contribution is -0.167. The molecule has 0 fully saturated rings. The summed E-state index contributed by atoms with van der Waals surface area (Å²) < 4.78 is 15.9. The molecule has 11 nitrogen and oxygen atoms in total. The molecule has 0 bridgehead atoms. The molecule has 0 saturated heterocycles. The van der Waals surface area contributed by atoms with Gasteiger partial charge < -0.3 is 35.1 Å². The lowest BCUT2D eigenvalue weighted by Gasteiger charge is -2.32. The highest BCUT2D eigenvalue weighted by Crippen LogP contribution is 2.35. The maximum atomic E-state index is 13.3. The number of alkyl carbamates (subject to hydrolysis) is 1. The van der Waals surface area contributed by atoms with Gasteiger partial charge in [-0.05, 0) is 75.8 Å². The molecule has 3 amide bonds. The maximum absolute atomic E-state index is 13.3. The summed E-state index contributed by atoms with van der Waals surface area (Å²) in [5.41, 5.74) is 3.13. The highest BCUT2D eigenvalue weighted by Gasteiger charge is 2.34. The molecule has 11 heteroatoms. The van der Waals surface area contributed by atoms with Crippen LogP contribution in [0.15, 0.2) is 42.5 Å². The van der Waals surface area contributed by atoms with E-state index in [2.05, 4.69) is 48.5 Å². The minimum atomic E-state index is -1.25. The third-order valence-electron chi connectivity index (χ3n) is 7.01. The van der Waals surface area contributed by atoms with E-state index in [1.807, 2.05) is 56.3 Å². The summed E-state index contributed by atoms with van der Waals surface area (Å²) in [4.78, 5) is 53.3. The van der Waals surface area contributed by atoms with Gasteiger partial charge in [0.25, 0.3) is 0 Å². The number of nitrogens with one attached hydrogen (secondary N) is 3. The van der Waals surface area contributed by atoms with E-state index >= 15 is 0 Å². The fourth-order valence-corrected chi connectivity index (χ4v) is 5.05. The standard InChI is InChI=1S/C36H54N4O7/c1-11-28(32(33(42)45-10)46-31(41)18-19-37-35(44)47-36(7,8)9)26-14-17-30(40(21-23(2)3)22-24(4)5)29(20-26)39-34(43)38-27-15-12-25(6)13-16-27/h12-17,20,23-24,28,32H,11,18-19,21-22H2,1-10H3,(H,37,44)(H2,38,39,43)/t28-,32-/m0/s1. The van der Waals surface area contributed by atoms with Crippen LogP contribution in [-0.4, -0.2) is 62.5 Å². The molecule has 2 aromatic rings. The Kier molecular flexibility index (Phi) is 15.0. The Morgan fingerprint density at radius 1 is 0.894 bits per heavy atom. The number of ether oxygens (including phenoxy) is 3. The van der Waals surface area contributed by atoms with Crippen molar-refractivity contribution in [3.8, 4) is 0 Å². The predicted molar refractivity (Wildman–Crippen MR) is 186 cm³/mol. The highest BCUT2D eigenvalue weighted by atomic mass is 16.6. The van der Waals surface area contributed by atoms with Crippen molar-refractivity contribution in [2.75, 3.05) is 42.3 Å². The average molecular weight is 655 g/mol. The number of hydrogen-bond acceptors (Lipinski definition) is 8. The van der Waals surface area contributed by atoms with Gasteiger partial charge in [0.05, 0.1) is 24.9 Å². The number of anilines is 3. The van der Waals surface area contributed by atoms with E-state index in [-0.39, 0.29) is 13.0 Å². The van der Waals surface area contributed by atoms with Crippen LogP contribution in [0.25, 0.3) is 0 Å². The number of carbonyl (C=O) groups excluding carboxylic acids is 4. The van der Waals surface area contributed by atoms with Crippen LogP contribution in [0.4, 0.5) is 26.7 Å². The van der Waals surface area contributed by atoms with E-state index in [9.17, 15) is 19.2 Å². The monoisotopic (exact) mass is 654 g/mol. The fraction of sp³-hybridized carbons (Fsp3) is 0.556. The number of rotatable bonds is 15. The van der Waals surface area contributed by atoms with Crippen molar-refractivity contribution >= 4 is 41.1 Å². The molecular weight excluding hydrogens is 600 g/mol. The quantitative estimate of drug-likeness (QED) is 0.135. The van der Waals surface area contributed by atoms with Crippen molar-refractivity contribution in [3.05, 3.63) is 53.6 Å². The molecule has 0 aliphatic heterocycles. The minimum absolute atomic E-state index is 0.0289. The van der Waals surface area contributed by atoms with Crippen LogP contribution < -0.4 is 20.9 Å². The summed E-state index contributed by atoms with van der Waals surface area (Å²) in [6, 6.07) is 12.8. The summed E-state index contributed by atoms with van der Waals surface area (Å²) in [7, 11) is 1.24. The molecule has 0 heterocycles. The zero-order valence-electron chi connectivity index (χ0n) is 29.7. The third-order valence-corrected chi connectivity index (χ3v) is 7.01. The normalized spacial score (nSPS) is 12.6. The van der Waals surface area contributed by atoms with E-state index in [1.54, 1.807) is 20.8 Å². The van der Waals surface area contributed by atoms with E-state index in [0.29, 0.717) is 35.2 Å². The summed E-state index contributed by atoms with van der Waals surface area (Å²) in [5, 5.41) is 8.44. The number of methoxy groups -OCH3 is 1. The van der Waals surface area contributed by atoms with Crippen molar-refractivity contribution in [3.63, 3.8) is 0 Å². The van der Waals surface area contributed by atoms with E-state index in [0.717, 1.165) is 24.3 Å². The molecule has 2 aromatic carbocycles. The molecule has 0 aliphatic carbocycles. The van der Waals surface area contributed by atoms with Crippen LogP contribution in [0.5, 0.6) is 0 Å². The van der Waals surface area contributed by atoms with Crippen LogP contribution in [0.2, 0.25) is 0 Å². The van der Waals surface area contributed by atoms with Gasteiger partial charge in [-0.25, -0.2) is 14.4 Å². The maximum Gasteiger partial charge on any atom is 0.407 e. The van der Waals surface area contributed by atoms with Crippen molar-refractivity contribution < 1.29 is 33.4 Å². The summed E-state index contributed by atoms with van der Waals surface area (Å²) in [6.45, 7) is 19.2. The van der Waals surface area contributed by atoms with Crippen LogP contribution in [0, 0.1) is 18.8 Å². The SMILES string of the molecule is CC[C@@H](c1ccc(N(CC(C)C)CC(C)C)c(NC(=O)Nc2ccc(C)cc2)c1)[C@H](OC(=O)CCNC(=O)OC(C)(C)C)C(=O)OC. The first-order valence-electron chi connectivity index (χ1n) is 16.3. The van der Waals surface area contributed by atoms with Gasteiger partial charge in [0.1, 0.15) is 5.60 Å². The van der Waals surface area contributed by atoms with Crippen molar-refractivity contribution in [2.45, 2.75) is 92.8 Å². The van der Waals surface area contributed by atoms with Gasteiger partial charge in [-0.2, -0.15) is 0 Å². The fourth-order valence-electron chi connectivity index (χ4n) is 5.05. The molecule has 2 rings (SSSR count). The molecule has 0 unspecified atom stereocenters. The molecule has 47 heavy (non-hydrogen) atoms. The topological polar surface area (TPSA) is 135 Å². The zero-order valence-corrected chi connectivity index (χ0v) is 29.7. The van der Waals surface area contributed by atoms with Crippen molar-refractivity contribution in [1.29, 1.82) is 0 Å². The van der Waals surface area contributed by atoms with Gasteiger partial charge in [0.15, 0.2) is 0 Å². The third kappa shape index (κ3) is 13.5. The van der Waals surface area contributed by atoms with Gasteiger partial charge in [0.2, 0.25) is 6.10 Å². The Balaban J connectivity index is 2.41. The Bertz CT molecular complexity index is 1330. The number of amides is 3. The smallest absolute Gasteiger partial charge is 0.407 e. The Morgan fingerprint density at radius 3 is 2.04 bits per heavy atom. The molecule has 0 aromatic heterocycles. The number of esters is 2. The van der Waals surface area contributed by atoms with Crippen molar-refractivity contribution in [1.82, 2.24) is 5.32 Å². The predicted octanol–water partition coefficient (Wildman–Crippen LogP) is 7.25. The van der Waals surface area contributed by atoms with E-state index in [1.165, 1.54) is 7.11 Å². The largest absolute Gasteiger partial charge is 0.466 e. The van der Waals surface area contributed by atoms with Crippen LogP contribution in [-0.2, 0) is 23.8 Å². The number of carbonyl (C=O) groups is 4. The molecule has 260 valence electrons. The number of aryl methyl sites for hydroxylation is 1. The van der Waals surface area contributed by atoms with Gasteiger partial charge in [-0.3, -0.25) is 4.79 Å². The first-order chi connectivity index (χ1) is 22.0. The summed E-state index contributed by atoms with van der Waals surface area (Å²) in [5.74, 6) is -1.24. The van der Waals surface area contributed by atoms with Gasteiger partial charge in [0, 0.05) is 31.2 Å². The van der Waals surface area contributed by atoms with Gasteiger partial charge in [-0.15, -0.1) is 0 Å². The second kappa shape index (κ2) is 18.2. The molecule has 3 N–H and O–H groups in total. The molecular formula is C36H54N4O7. The number of hydrogen-bond donors (Lipinski definition) is 3. The van der Waals surface area contributed by atoms with Crippen LogP contribution >= 0.6 is 0 Å². The first kappa shape index (κ1) is 38.9. The molecule has 2 atom stereocenters. The Morgan fingerprint density at radius 2 is 1.51 bits per heavy atom. The summed E-state index contributed by atoms with van der Waals surface area (Å²) in [6.07, 6.45) is -1.65. The average Bonchev–Trinajstić information content (AvgIpc) is 2.96. The molecule has 0 aliphatic rings. The Hall–Kier alpha value is -4.28. The second-order valence-electron chi connectivity index (χ2n) is 13.5. The molecule has 0 saturated carbocycles. The van der Waals surface area contributed by atoms with Gasteiger partial charge in [-0.1, -0.05) is 58.4 Å². The molecule has 0 radical (unpaired) electrons. The lowest BCUT2D eigenvalue weighted by Crippen LogP contribution is -2.36. The number of nitrogens with zero attached hydrogens (tertiary/aromatic N) is 1. The summed E-state index contributed by atoms with van der Waals surface area (Å²) >= 11 is 0. The van der Waals surface area contributed by atoms with Crippen LogP contribution in [0.3, 0.4) is 0 Å². The highest BCUT2D eigenvalue weighted by molar-refractivity contribution is 6.02.